The fourth-order valence-electron chi connectivity index (χ4n) is 2.36. The van der Waals surface area contributed by atoms with E-state index in [0.29, 0.717) is 19.3 Å². The molecule has 3 heteroatoms. The molecule has 1 atom stereocenters. The first-order valence-electron chi connectivity index (χ1n) is 8.53. The summed E-state index contributed by atoms with van der Waals surface area (Å²) >= 11 is 0. The van der Waals surface area contributed by atoms with Gasteiger partial charge in [-0.15, -0.1) is 0 Å². The molecule has 0 unspecified atom stereocenters. The second-order valence-electron chi connectivity index (χ2n) is 5.92. The highest BCUT2D eigenvalue weighted by Crippen LogP contribution is 2.10. The van der Waals surface area contributed by atoms with E-state index in [1.165, 1.54) is 11.1 Å². The number of rotatable bonds is 12. The summed E-state index contributed by atoms with van der Waals surface area (Å²) in [6.07, 6.45) is 8.24. The van der Waals surface area contributed by atoms with Crippen LogP contribution in [0.25, 0.3) is 0 Å². The SMILES string of the molecule is C=C/C(=C\C/C=C(\C)COC)C[C@@H](C)NCCOc1ccccc1. The van der Waals surface area contributed by atoms with Crippen LogP contribution in [-0.2, 0) is 4.74 Å². The summed E-state index contributed by atoms with van der Waals surface area (Å²) in [4.78, 5) is 0. The van der Waals surface area contributed by atoms with Gasteiger partial charge in [-0.1, -0.05) is 54.2 Å². The van der Waals surface area contributed by atoms with Gasteiger partial charge in [0.05, 0.1) is 6.61 Å². The van der Waals surface area contributed by atoms with E-state index < -0.39 is 0 Å². The van der Waals surface area contributed by atoms with Crippen LogP contribution < -0.4 is 10.1 Å². The molecule has 132 valence electrons. The van der Waals surface area contributed by atoms with E-state index in [9.17, 15) is 0 Å². The van der Waals surface area contributed by atoms with Crippen LogP contribution in [0.3, 0.4) is 0 Å². The Hall–Kier alpha value is -1.84. The fourth-order valence-corrected chi connectivity index (χ4v) is 2.36. The summed E-state index contributed by atoms with van der Waals surface area (Å²) in [5.74, 6) is 0.914. The topological polar surface area (TPSA) is 30.5 Å². The van der Waals surface area contributed by atoms with Crippen molar-refractivity contribution in [3.8, 4) is 5.75 Å². The summed E-state index contributed by atoms with van der Waals surface area (Å²) < 4.78 is 10.8. The minimum Gasteiger partial charge on any atom is -0.492 e. The molecule has 3 nitrogen and oxygen atoms in total. The van der Waals surface area contributed by atoms with Gasteiger partial charge in [0.2, 0.25) is 0 Å². The first-order chi connectivity index (χ1) is 11.7. The van der Waals surface area contributed by atoms with Gasteiger partial charge in [-0.2, -0.15) is 0 Å². The largest absolute Gasteiger partial charge is 0.492 e. The second-order valence-corrected chi connectivity index (χ2v) is 5.92. The average Bonchev–Trinajstić information content (AvgIpc) is 2.59. The molecule has 0 saturated heterocycles. The van der Waals surface area contributed by atoms with Crippen LogP contribution in [0, 0.1) is 0 Å². The number of methoxy groups -OCH3 is 1. The summed E-state index contributed by atoms with van der Waals surface area (Å²) in [7, 11) is 1.72. The van der Waals surface area contributed by atoms with Crippen LogP contribution in [0.4, 0.5) is 0 Å². The Morgan fingerprint density at radius 2 is 2.00 bits per heavy atom. The summed E-state index contributed by atoms with van der Waals surface area (Å²) in [6.45, 7) is 10.4. The highest BCUT2D eigenvalue weighted by molar-refractivity contribution is 5.21. The Labute approximate surface area is 147 Å². The number of allylic oxidation sites excluding steroid dienone is 3. The Bertz CT molecular complexity index is 520. The van der Waals surface area contributed by atoms with Crippen LogP contribution in [0.2, 0.25) is 0 Å². The molecule has 0 aromatic heterocycles. The zero-order valence-corrected chi connectivity index (χ0v) is 15.3. The molecule has 24 heavy (non-hydrogen) atoms. The van der Waals surface area contributed by atoms with Crippen molar-refractivity contribution in [1.82, 2.24) is 5.32 Å². The fraction of sp³-hybridized carbons (Fsp3) is 0.429. The molecule has 1 aromatic carbocycles. The second kappa shape index (κ2) is 12.6. The molecule has 1 rings (SSSR count). The van der Waals surface area contributed by atoms with Crippen molar-refractivity contribution < 1.29 is 9.47 Å². The molecule has 0 aliphatic heterocycles. The van der Waals surface area contributed by atoms with E-state index >= 15 is 0 Å². The van der Waals surface area contributed by atoms with Crippen molar-refractivity contribution >= 4 is 0 Å². The molecule has 0 aliphatic carbocycles. The Balaban J connectivity index is 2.27. The van der Waals surface area contributed by atoms with Gasteiger partial charge in [0, 0.05) is 19.7 Å². The van der Waals surface area contributed by atoms with Crippen molar-refractivity contribution in [2.45, 2.75) is 32.7 Å². The monoisotopic (exact) mass is 329 g/mol. The number of benzene rings is 1. The summed E-state index contributed by atoms with van der Waals surface area (Å²) in [6, 6.07) is 10.3. The lowest BCUT2D eigenvalue weighted by molar-refractivity contribution is 0.225. The van der Waals surface area contributed by atoms with Gasteiger partial charge in [-0.25, -0.2) is 0 Å². The van der Waals surface area contributed by atoms with E-state index in [1.807, 2.05) is 36.4 Å². The zero-order valence-electron chi connectivity index (χ0n) is 15.3. The molecule has 0 fully saturated rings. The van der Waals surface area contributed by atoms with E-state index in [0.717, 1.165) is 25.1 Å². The normalized spacial score (nSPS) is 13.6. The minimum atomic E-state index is 0.387. The van der Waals surface area contributed by atoms with E-state index in [-0.39, 0.29) is 0 Å². The minimum absolute atomic E-state index is 0.387. The van der Waals surface area contributed by atoms with Crippen LogP contribution in [-0.4, -0.2) is 32.9 Å². The van der Waals surface area contributed by atoms with Crippen LogP contribution >= 0.6 is 0 Å². The number of para-hydroxylation sites is 1. The molecule has 0 amide bonds. The van der Waals surface area contributed by atoms with Crippen molar-refractivity contribution in [3.05, 3.63) is 66.3 Å². The molecule has 0 bridgehead atoms. The lowest BCUT2D eigenvalue weighted by Crippen LogP contribution is -2.30. The molecule has 0 saturated carbocycles. The quantitative estimate of drug-likeness (QED) is 0.347. The summed E-state index contributed by atoms with van der Waals surface area (Å²) in [5, 5.41) is 3.49. The lowest BCUT2D eigenvalue weighted by Gasteiger charge is -2.15. The van der Waals surface area contributed by atoms with E-state index in [2.05, 4.69) is 37.9 Å². The predicted molar refractivity (Wildman–Crippen MR) is 103 cm³/mol. The van der Waals surface area contributed by atoms with Crippen LogP contribution in [0.5, 0.6) is 5.75 Å². The molecule has 0 spiro atoms. The standard InChI is InChI=1S/C21H31NO2/c1-5-20(11-9-10-18(2)17-23-4)16-19(3)22-14-15-24-21-12-7-6-8-13-21/h5-8,10-13,19,22H,1,9,14-17H2,2-4H3/b18-10+,20-11+/t19-/m1/s1. The maximum Gasteiger partial charge on any atom is 0.119 e. The predicted octanol–water partition coefficient (Wildman–Crippen LogP) is 4.53. The zero-order chi connectivity index (χ0) is 17.6. The molecule has 0 aliphatic rings. The van der Waals surface area contributed by atoms with Gasteiger partial charge in [0.1, 0.15) is 12.4 Å². The highest BCUT2D eigenvalue weighted by Gasteiger charge is 2.03. The van der Waals surface area contributed by atoms with Gasteiger partial charge < -0.3 is 14.8 Å². The third-order valence-electron chi connectivity index (χ3n) is 3.63. The average molecular weight is 329 g/mol. The molecule has 0 heterocycles. The van der Waals surface area contributed by atoms with Crippen LogP contribution in [0.15, 0.2) is 66.3 Å². The number of hydrogen-bond donors (Lipinski definition) is 1. The first kappa shape index (κ1) is 20.2. The highest BCUT2D eigenvalue weighted by atomic mass is 16.5. The first-order valence-corrected chi connectivity index (χ1v) is 8.53. The number of nitrogens with one attached hydrogen (secondary N) is 1. The molecular formula is C21H31NO2. The summed E-state index contributed by atoms with van der Waals surface area (Å²) in [5.41, 5.74) is 2.52. The number of ether oxygens (including phenoxy) is 2. The number of hydrogen-bond acceptors (Lipinski definition) is 3. The van der Waals surface area contributed by atoms with E-state index in [4.69, 9.17) is 9.47 Å². The lowest BCUT2D eigenvalue weighted by atomic mass is 10.1. The smallest absolute Gasteiger partial charge is 0.119 e. The maximum atomic E-state index is 5.69. The van der Waals surface area contributed by atoms with Crippen molar-refractivity contribution in [3.63, 3.8) is 0 Å². The Kier molecular flexibility index (Phi) is 10.6. The van der Waals surface area contributed by atoms with Gasteiger partial charge in [-0.3, -0.25) is 0 Å². The van der Waals surface area contributed by atoms with Crippen molar-refractivity contribution in [1.29, 1.82) is 0 Å². The molecule has 1 N–H and O–H groups in total. The van der Waals surface area contributed by atoms with Crippen molar-refractivity contribution in [2.24, 2.45) is 0 Å². The van der Waals surface area contributed by atoms with Gasteiger partial charge in [0.25, 0.3) is 0 Å². The third-order valence-corrected chi connectivity index (χ3v) is 3.63. The maximum absolute atomic E-state index is 5.69. The molecule has 0 radical (unpaired) electrons. The Morgan fingerprint density at radius 3 is 2.67 bits per heavy atom. The van der Waals surface area contributed by atoms with Gasteiger partial charge in [0.15, 0.2) is 0 Å². The van der Waals surface area contributed by atoms with Crippen molar-refractivity contribution in [2.75, 3.05) is 26.9 Å². The van der Waals surface area contributed by atoms with Gasteiger partial charge in [-0.05, 0) is 38.8 Å². The van der Waals surface area contributed by atoms with Crippen LogP contribution in [0.1, 0.15) is 26.7 Å². The third kappa shape index (κ3) is 9.33. The van der Waals surface area contributed by atoms with Gasteiger partial charge >= 0.3 is 0 Å². The van der Waals surface area contributed by atoms with E-state index in [1.54, 1.807) is 7.11 Å². The molecule has 1 aromatic rings. The Morgan fingerprint density at radius 1 is 1.25 bits per heavy atom. The molecular weight excluding hydrogens is 298 g/mol.